The molecule has 1 saturated heterocycles. The van der Waals surface area contributed by atoms with Gasteiger partial charge in [0.1, 0.15) is 5.75 Å². The number of carbonyl (C=O) groups is 1. The van der Waals surface area contributed by atoms with Crippen molar-refractivity contribution in [3.8, 4) is 22.9 Å². The zero-order chi connectivity index (χ0) is 17.8. The van der Waals surface area contributed by atoms with Crippen molar-refractivity contribution < 1.29 is 14.3 Å². The number of likely N-dealkylation sites (N-methyl/N-ethyl adjacent to an activating group) is 1. The van der Waals surface area contributed by atoms with Crippen LogP contribution in [0.1, 0.15) is 6.42 Å². The summed E-state index contributed by atoms with van der Waals surface area (Å²) in [5, 5.41) is 0. The summed E-state index contributed by atoms with van der Waals surface area (Å²) in [6.07, 6.45) is 0.505. The highest BCUT2D eigenvalue weighted by Gasteiger charge is 2.21. The summed E-state index contributed by atoms with van der Waals surface area (Å²) in [4.78, 5) is 20.6. The van der Waals surface area contributed by atoms with Gasteiger partial charge in [0.15, 0.2) is 0 Å². The lowest BCUT2D eigenvalue weighted by molar-refractivity contribution is -0.129. The van der Waals surface area contributed by atoms with Crippen LogP contribution in [0.15, 0.2) is 36.4 Å². The van der Waals surface area contributed by atoms with Gasteiger partial charge in [-0.05, 0) is 30.3 Å². The molecule has 0 saturated carbocycles. The normalized spacial score (nSPS) is 15.1. The Morgan fingerprint density at radius 3 is 2.40 bits per heavy atom. The fourth-order valence-electron chi connectivity index (χ4n) is 2.93. The number of hydrogen-bond donors (Lipinski definition) is 0. The van der Waals surface area contributed by atoms with Crippen molar-refractivity contribution in [1.29, 1.82) is 0 Å². The van der Waals surface area contributed by atoms with Gasteiger partial charge in [-0.1, -0.05) is 0 Å². The molecule has 3 rings (SSSR count). The molecule has 1 aromatic carbocycles. The van der Waals surface area contributed by atoms with E-state index in [1.165, 1.54) is 0 Å². The number of hydrogen-bond acceptors (Lipinski definition) is 5. The maximum atomic E-state index is 12.0. The first-order chi connectivity index (χ1) is 12.1. The van der Waals surface area contributed by atoms with Gasteiger partial charge in [-0.15, -0.1) is 0 Å². The second kappa shape index (κ2) is 7.42. The summed E-state index contributed by atoms with van der Waals surface area (Å²) in [6.45, 7) is 2.16. The van der Waals surface area contributed by atoms with Gasteiger partial charge in [-0.3, -0.25) is 4.79 Å². The van der Waals surface area contributed by atoms with Crippen LogP contribution in [-0.4, -0.2) is 56.7 Å². The van der Waals surface area contributed by atoms with E-state index in [1.54, 1.807) is 19.1 Å². The minimum Gasteiger partial charge on any atom is -0.497 e. The number of aromatic nitrogens is 1. The summed E-state index contributed by atoms with van der Waals surface area (Å²) >= 11 is 0. The maximum absolute atomic E-state index is 12.0. The van der Waals surface area contributed by atoms with Crippen LogP contribution in [0.5, 0.6) is 11.6 Å². The topological polar surface area (TPSA) is 54.9 Å². The van der Waals surface area contributed by atoms with Crippen molar-refractivity contribution in [2.75, 3.05) is 45.8 Å². The molecule has 6 heteroatoms. The van der Waals surface area contributed by atoms with Crippen molar-refractivity contribution in [3.05, 3.63) is 36.4 Å². The SMILES string of the molecule is COc1ccc(-c2nc(OC)ccc2N2CCC(=O)N(C)CC2)cc1. The van der Waals surface area contributed by atoms with Gasteiger partial charge in [-0.25, -0.2) is 4.98 Å². The molecule has 1 amide bonds. The Labute approximate surface area is 148 Å². The zero-order valence-electron chi connectivity index (χ0n) is 14.9. The van der Waals surface area contributed by atoms with E-state index in [2.05, 4.69) is 9.88 Å². The standard InChI is InChI=1S/C19H23N3O3/c1-21-12-13-22(11-10-18(21)23)16-8-9-17(25-3)20-19(16)14-4-6-15(24-2)7-5-14/h4-9H,10-13H2,1-3H3. The van der Waals surface area contributed by atoms with Crippen LogP contribution >= 0.6 is 0 Å². The van der Waals surface area contributed by atoms with Gasteiger partial charge < -0.3 is 19.3 Å². The number of benzene rings is 1. The molecule has 25 heavy (non-hydrogen) atoms. The largest absolute Gasteiger partial charge is 0.497 e. The van der Waals surface area contributed by atoms with Crippen LogP contribution in [0.4, 0.5) is 5.69 Å². The average Bonchev–Trinajstić information content (AvgIpc) is 2.83. The van der Waals surface area contributed by atoms with Crippen LogP contribution in [-0.2, 0) is 4.79 Å². The van der Waals surface area contributed by atoms with Crippen LogP contribution in [0.3, 0.4) is 0 Å². The van der Waals surface area contributed by atoms with Gasteiger partial charge >= 0.3 is 0 Å². The van der Waals surface area contributed by atoms with Crippen LogP contribution in [0, 0.1) is 0 Å². The third-order valence-corrected chi connectivity index (χ3v) is 4.49. The molecule has 0 radical (unpaired) electrons. The van der Waals surface area contributed by atoms with E-state index in [4.69, 9.17) is 9.47 Å². The van der Waals surface area contributed by atoms with Crippen LogP contribution in [0.25, 0.3) is 11.3 Å². The molecule has 2 heterocycles. The van der Waals surface area contributed by atoms with Gasteiger partial charge in [0.25, 0.3) is 0 Å². The molecule has 2 aromatic rings. The second-order valence-corrected chi connectivity index (χ2v) is 6.00. The highest BCUT2D eigenvalue weighted by atomic mass is 16.5. The average molecular weight is 341 g/mol. The summed E-state index contributed by atoms with van der Waals surface area (Å²) in [6, 6.07) is 11.7. The number of rotatable bonds is 4. The number of amides is 1. The van der Waals surface area contributed by atoms with E-state index in [1.807, 2.05) is 43.4 Å². The Hall–Kier alpha value is -2.76. The van der Waals surface area contributed by atoms with Gasteiger partial charge in [0.05, 0.1) is 25.6 Å². The molecule has 1 fully saturated rings. The lowest BCUT2D eigenvalue weighted by atomic mass is 10.1. The maximum Gasteiger partial charge on any atom is 0.224 e. The van der Waals surface area contributed by atoms with E-state index in [0.717, 1.165) is 29.2 Å². The first kappa shape index (κ1) is 17.1. The second-order valence-electron chi connectivity index (χ2n) is 6.00. The highest BCUT2D eigenvalue weighted by molar-refractivity contribution is 5.79. The minimum atomic E-state index is 0.176. The molecule has 6 nitrogen and oxygen atoms in total. The summed E-state index contributed by atoms with van der Waals surface area (Å²) in [5.74, 6) is 1.54. The number of nitrogens with zero attached hydrogens (tertiary/aromatic N) is 3. The zero-order valence-corrected chi connectivity index (χ0v) is 14.9. The third kappa shape index (κ3) is 3.68. The smallest absolute Gasteiger partial charge is 0.224 e. The summed E-state index contributed by atoms with van der Waals surface area (Å²) < 4.78 is 10.5. The Kier molecular flexibility index (Phi) is 5.07. The number of pyridine rings is 1. The van der Waals surface area contributed by atoms with E-state index >= 15 is 0 Å². The molecule has 0 atom stereocenters. The van der Waals surface area contributed by atoms with Crippen molar-refractivity contribution in [2.24, 2.45) is 0 Å². The molecule has 0 aliphatic carbocycles. The lowest BCUT2D eigenvalue weighted by Gasteiger charge is -2.25. The molecule has 1 aliphatic rings. The molecule has 0 N–H and O–H groups in total. The van der Waals surface area contributed by atoms with E-state index in [9.17, 15) is 4.79 Å². The summed E-state index contributed by atoms with van der Waals surface area (Å²) in [7, 11) is 5.11. The Morgan fingerprint density at radius 2 is 1.72 bits per heavy atom. The van der Waals surface area contributed by atoms with Crippen LogP contribution < -0.4 is 14.4 Å². The molecule has 1 aliphatic heterocycles. The molecule has 1 aromatic heterocycles. The molecular formula is C19H23N3O3. The predicted molar refractivity (Wildman–Crippen MR) is 97.2 cm³/mol. The molecule has 0 bridgehead atoms. The Balaban J connectivity index is 1.99. The third-order valence-electron chi connectivity index (χ3n) is 4.49. The van der Waals surface area contributed by atoms with E-state index < -0.39 is 0 Å². The first-order valence-electron chi connectivity index (χ1n) is 8.30. The highest BCUT2D eigenvalue weighted by Crippen LogP contribution is 2.32. The van der Waals surface area contributed by atoms with Crippen molar-refractivity contribution in [1.82, 2.24) is 9.88 Å². The monoisotopic (exact) mass is 341 g/mol. The van der Waals surface area contributed by atoms with Crippen LogP contribution in [0.2, 0.25) is 0 Å². The Bertz CT molecular complexity index is 746. The van der Waals surface area contributed by atoms with Gasteiger partial charge in [0, 0.05) is 44.7 Å². The molecule has 132 valence electrons. The fraction of sp³-hybridized carbons (Fsp3) is 0.368. The number of methoxy groups -OCH3 is 2. The number of carbonyl (C=O) groups excluding carboxylic acids is 1. The first-order valence-corrected chi connectivity index (χ1v) is 8.30. The number of anilines is 1. The predicted octanol–water partition coefficient (Wildman–Crippen LogP) is 2.43. The minimum absolute atomic E-state index is 0.176. The molecular weight excluding hydrogens is 318 g/mol. The quantitative estimate of drug-likeness (QED) is 0.855. The fourth-order valence-corrected chi connectivity index (χ4v) is 2.93. The van der Waals surface area contributed by atoms with E-state index in [0.29, 0.717) is 25.4 Å². The van der Waals surface area contributed by atoms with Gasteiger partial charge in [0.2, 0.25) is 11.8 Å². The van der Waals surface area contributed by atoms with Crippen molar-refractivity contribution >= 4 is 11.6 Å². The Morgan fingerprint density at radius 1 is 0.960 bits per heavy atom. The molecule has 0 unspecified atom stereocenters. The van der Waals surface area contributed by atoms with E-state index in [-0.39, 0.29) is 5.91 Å². The number of ether oxygens (including phenoxy) is 2. The van der Waals surface area contributed by atoms with Gasteiger partial charge in [-0.2, -0.15) is 0 Å². The molecule has 0 spiro atoms. The lowest BCUT2D eigenvalue weighted by Crippen LogP contribution is -2.30. The van der Waals surface area contributed by atoms with Crippen molar-refractivity contribution in [2.45, 2.75) is 6.42 Å². The van der Waals surface area contributed by atoms with Crippen molar-refractivity contribution in [3.63, 3.8) is 0 Å². The summed E-state index contributed by atoms with van der Waals surface area (Å²) in [5.41, 5.74) is 2.84.